The lowest BCUT2D eigenvalue weighted by Gasteiger charge is -2.05. The minimum Gasteiger partial charge on any atom is -0.305 e. The van der Waals surface area contributed by atoms with Gasteiger partial charge in [0.1, 0.15) is 11.5 Å². The zero-order valence-corrected chi connectivity index (χ0v) is 8.71. The Labute approximate surface area is 92.6 Å². The maximum Gasteiger partial charge on any atom is 0.277 e. The Kier molecular flexibility index (Phi) is 2.86. The van der Waals surface area contributed by atoms with Gasteiger partial charge in [0.05, 0.1) is 6.20 Å². The SMILES string of the molecule is Cc1cccnc1NC(=O)c1cnccn1. The molecule has 0 saturated carbocycles. The van der Waals surface area contributed by atoms with Crippen molar-refractivity contribution in [1.29, 1.82) is 0 Å². The van der Waals surface area contributed by atoms with E-state index in [1.807, 2.05) is 19.1 Å². The number of nitrogens with zero attached hydrogens (tertiary/aromatic N) is 3. The van der Waals surface area contributed by atoms with E-state index in [-0.39, 0.29) is 11.6 Å². The quantitative estimate of drug-likeness (QED) is 0.821. The first-order chi connectivity index (χ1) is 7.77. The number of hydrogen-bond donors (Lipinski definition) is 1. The molecular weight excluding hydrogens is 204 g/mol. The number of anilines is 1. The van der Waals surface area contributed by atoms with E-state index in [9.17, 15) is 4.79 Å². The van der Waals surface area contributed by atoms with E-state index >= 15 is 0 Å². The fourth-order valence-corrected chi connectivity index (χ4v) is 1.20. The molecule has 0 unspecified atom stereocenters. The molecule has 1 N–H and O–H groups in total. The maximum absolute atomic E-state index is 11.7. The zero-order chi connectivity index (χ0) is 11.4. The molecule has 0 aliphatic carbocycles. The second-order valence-electron chi connectivity index (χ2n) is 3.21. The predicted octanol–water partition coefficient (Wildman–Crippen LogP) is 1.43. The number of carbonyl (C=O) groups excluding carboxylic acids is 1. The third kappa shape index (κ3) is 2.20. The van der Waals surface area contributed by atoms with Crippen molar-refractivity contribution in [3.63, 3.8) is 0 Å². The Morgan fingerprint density at radius 1 is 1.25 bits per heavy atom. The van der Waals surface area contributed by atoms with Gasteiger partial charge in [-0.3, -0.25) is 9.78 Å². The molecule has 0 aromatic carbocycles. The fraction of sp³-hybridized carbons (Fsp3) is 0.0909. The number of aryl methyl sites for hydroxylation is 1. The van der Waals surface area contributed by atoms with Gasteiger partial charge in [0.2, 0.25) is 0 Å². The number of amides is 1. The van der Waals surface area contributed by atoms with Gasteiger partial charge in [0.25, 0.3) is 5.91 Å². The van der Waals surface area contributed by atoms with E-state index in [1.54, 1.807) is 6.20 Å². The minimum atomic E-state index is -0.310. The van der Waals surface area contributed by atoms with Crippen molar-refractivity contribution < 1.29 is 4.79 Å². The second kappa shape index (κ2) is 4.48. The van der Waals surface area contributed by atoms with Crippen LogP contribution >= 0.6 is 0 Å². The lowest BCUT2D eigenvalue weighted by molar-refractivity contribution is 0.102. The molecule has 0 aliphatic heterocycles. The van der Waals surface area contributed by atoms with Crippen LogP contribution in [0.25, 0.3) is 0 Å². The highest BCUT2D eigenvalue weighted by Crippen LogP contribution is 2.09. The minimum absolute atomic E-state index is 0.271. The fourth-order valence-electron chi connectivity index (χ4n) is 1.20. The van der Waals surface area contributed by atoms with Gasteiger partial charge in [-0.15, -0.1) is 0 Å². The van der Waals surface area contributed by atoms with Gasteiger partial charge < -0.3 is 5.32 Å². The molecule has 2 aromatic heterocycles. The van der Waals surface area contributed by atoms with Crippen LogP contribution in [-0.2, 0) is 0 Å². The molecule has 2 aromatic rings. The van der Waals surface area contributed by atoms with E-state index in [0.29, 0.717) is 5.82 Å². The molecule has 0 fully saturated rings. The molecule has 0 saturated heterocycles. The normalized spacial score (nSPS) is 9.81. The van der Waals surface area contributed by atoms with Crippen molar-refractivity contribution in [3.05, 3.63) is 48.2 Å². The van der Waals surface area contributed by atoms with Crippen LogP contribution in [-0.4, -0.2) is 20.9 Å². The molecule has 0 aliphatic rings. The monoisotopic (exact) mass is 214 g/mol. The summed E-state index contributed by atoms with van der Waals surface area (Å²) >= 11 is 0. The van der Waals surface area contributed by atoms with Gasteiger partial charge in [-0.1, -0.05) is 6.07 Å². The zero-order valence-electron chi connectivity index (χ0n) is 8.71. The lowest BCUT2D eigenvalue weighted by Crippen LogP contribution is -2.15. The van der Waals surface area contributed by atoms with E-state index in [0.717, 1.165) is 5.56 Å². The number of aromatic nitrogens is 3. The van der Waals surface area contributed by atoms with E-state index < -0.39 is 0 Å². The van der Waals surface area contributed by atoms with Crippen molar-refractivity contribution in [1.82, 2.24) is 15.0 Å². The van der Waals surface area contributed by atoms with Crippen LogP contribution in [0.4, 0.5) is 5.82 Å². The number of carbonyl (C=O) groups is 1. The van der Waals surface area contributed by atoms with E-state index in [2.05, 4.69) is 20.3 Å². The summed E-state index contributed by atoms with van der Waals surface area (Å²) in [5.41, 5.74) is 1.17. The molecule has 2 rings (SSSR count). The standard InChI is InChI=1S/C11H10N4O/c1-8-3-2-4-14-10(8)15-11(16)9-7-12-5-6-13-9/h2-7H,1H3,(H,14,15,16). The summed E-state index contributed by atoms with van der Waals surface area (Å²) in [4.78, 5) is 23.5. The topological polar surface area (TPSA) is 67.8 Å². The van der Waals surface area contributed by atoms with Crippen LogP contribution in [0.15, 0.2) is 36.9 Å². The van der Waals surface area contributed by atoms with Crippen molar-refractivity contribution in [2.24, 2.45) is 0 Å². The Morgan fingerprint density at radius 2 is 2.12 bits per heavy atom. The van der Waals surface area contributed by atoms with Gasteiger partial charge in [-0.05, 0) is 18.6 Å². The van der Waals surface area contributed by atoms with Gasteiger partial charge >= 0.3 is 0 Å². The summed E-state index contributed by atoms with van der Waals surface area (Å²) in [5, 5.41) is 2.67. The van der Waals surface area contributed by atoms with Crippen molar-refractivity contribution >= 4 is 11.7 Å². The van der Waals surface area contributed by atoms with Gasteiger partial charge in [0, 0.05) is 18.6 Å². The Hall–Kier alpha value is -2.30. The van der Waals surface area contributed by atoms with E-state index in [1.165, 1.54) is 18.6 Å². The molecule has 0 atom stereocenters. The number of pyridine rings is 1. The second-order valence-corrected chi connectivity index (χ2v) is 3.21. The Bertz CT molecular complexity index is 498. The summed E-state index contributed by atoms with van der Waals surface area (Å²) in [5.74, 6) is 0.230. The average molecular weight is 214 g/mol. The average Bonchev–Trinajstić information content (AvgIpc) is 2.33. The molecule has 0 spiro atoms. The first-order valence-electron chi connectivity index (χ1n) is 4.76. The highest BCUT2D eigenvalue weighted by molar-refractivity contribution is 6.02. The lowest BCUT2D eigenvalue weighted by atomic mass is 10.3. The molecule has 5 nitrogen and oxygen atoms in total. The van der Waals surface area contributed by atoms with Crippen molar-refractivity contribution in [2.45, 2.75) is 6.92 Å². The molecule has 0 radical (unpaired) electrons. The molecule has 80 valence electrons. The molecule has 5 heteroatoms. The Balaban J connectivity index is 2.18. The van der Waals surface area contributed by atoms with Crippen LogP contribution in [0.3, 0.4) is 0 Å². The summed E-state index contributed by atoms with van der Waals surface area (Å²) < 4.78 is 0. The summed E-state index contributed by atoms with van der Waals surface area (Å²) in [6.45, 7) is 1.87. The van der Waals surface area contributed by atoms with Crippen LogP contribution in [0, 0.1) is 6.92 Å². The largest absolute Gasteiger partial charge is 0.305 e. The molecule has 1 amide bonds. The molecule has 16 heavy (non-hydrogen) atoms. The maximum atomic E-state index is 11.7. The predicted molar refractivity (Wildman–Crippen MR) is 59.0 cm³/mol. The highest BCUT2D eigenvalue weighted by Gasteiger charge is 2.08. The van der Waals surface area contributed by atoms with Gasteiger partial charge in [-0.2, -0.15) is 0 Å². The van der Waals surface area contributed by atoms with Gasteiger partial charge in [0.15, 0.2) is 0 Å². The molecule has 0 bridgehead atoms. The summed E-state index contributed by atoms with van der Waals surface area (Å²) in [7, 11) is 0. The highest BCUT2D eigenvalue weighted by atomic mass is 16.1. The van der Waals surface area contributed by atoms with Crippen molar-refractivity contribution in [2.75, 3.05) is 5.32 Å². The number of nitrogens with one attached hydrogen (secondary N) is 1. The van der Waals surface area contributed by atoms with Crippen LogP contribution < -0.4 is 5.32 Å². The number of hydrogen-bond acceptors (Lipinski definition) is 4. The third-order valence-corrected chi connectivity index (χ3v) is 2.04. The molecular formula is C11H10N4O. The summed E-state index contributed by atoms with van der Waals surface area (Å²) in [6, 6.07) is 3.69. The Morgan fingerprint density at radius 3 is 2.81 bits per heavy atom. The van der Waals surface area contributed by atoms with Crippen molar-refractivity contribution in [3.8, 4) is 0 Å². The van der Waals surface area contributed by atoms with E-state index in [4.69, 9.17) is 0 Å². The summed E-state index contributed by atoms with van der Waals surface area (Å²) in [6.07, 6.45) is 6.02. The first-order valence-corrected chi connectivity index (χ1v) is 4.76. The van der Waals surface area contributed by atoms with Crippen LogP contribution in [0.1, 0.15) is 16.1 Å². The third-order valence-electron chi connectivity index (χ3n) is 2.04. The first kappa shape index (κ1) is 10.2. The van der Waals surface area contributed by atoms with Crippen LogP contribution in [0.5, 0.6) is 0 Å². The smallest absolute Gasteiger partial charge is 0.277 e. The molecule has 2 heterocycles. The number of rotatable bonds is 2. The van der Waals surface area contributed by atoms with Crippen LogP contribution in [0.2, 0.25) is 0 Å². The van der Waals surface area contributed by atoms with Gasteiger partial charge in [-0.25, -0.2) is 9.97 Å².